The summed E-state index contributed by atoms with van der Waals surface area (Å²) in [5.41, 5.74) is 6.56. The largest absolute Gasteiger partial charge is 0.343 e. The number of carbonyl (C=O) groups excluding carboxylic acids is 2. The number of fused-ring (bicyclic) bond motifs is 1. The number of hydrogen-bond acceptors (Lipinski definition) is 5. The lowest BCUT2D eigenvalue weighted by Crippen LogP contribution is -2.45. The monoisotopic (exact) mass is 435 g/mol. The average molecular weight is 435 g/mol. The van der Waals surface area contributed by atoms with Crippen LogP contribution in [0.15, 0.2) is 53.4 Å². The van der Waals surface area contributed by atoms with Crippen LogP contribution in [0.4, 0.5) is 14.5 Å². The van der Waals surface area contributed by atoms with Crippen molar-refractivity contribution in [1.29, 1.82) is 0 Å². The number of nitrogens with zero attached hydrogens (tertiary/aromatic N) is 1. The van der Waals surface area contributed by atoms with Crippen molar-refractivity contribution in [1.82, 2.24) is 5.32 Å². The number of amides is 2. The van der Waals surface area contributed by atoms with E-state index >= 15 is 0 Å². The summed E-state index contributed by atoms with van der Waals surface area (Å²) >= 11 is 0. The van der Waals surface area contributed by atoms with E-state index in [0.717, 1.165) is 5.56 Å². The summed E-state index contributed by atoms with van der Waals surface area (Å²) in [4.78, 5) is 26.4. The molecular formula is C20H19F2N3O4S. The standard InChI is InChI=1S/C20H19F2N3O4S/c21-20(22)9-17(20)24-18(26)13-6-7-16-15(8-13)25(10-12-4-2-1-3-5-12)19(27)14(23)11-30(16,28)29/h1-8,14,17H,9-11,23H2,(H,24,26)/t14-,17+/m0/s1. The van der Waals surface area contributed by atoms with Gasteiger partial charge in [-0.3, -0.25) is 9.59 Å². The molecule has 2 aromatic carbocycles. The summed E-state index contributed by atoms with van der Waals surface area (Å²) in [5.74, 6) is -4.87. The Labute approximate surface area is 171 Å². The van der Waals surface area contributed by atoms with E-state index in [1.165, 1.54) is 23.1 Å². The summed E-state index contributed by atoms with van der Waals surface area (Å²) in [6, 6.07) is 10.1. The fourth-order valence-electron chi connectivity index (χ4n) is 3.39. The number of halogens is 2. The molecule has 7 nitrogen and oxygen atoms in total. The molecular weight excluding hydrogens is 416 g/mol. The Hall–Kier alpha value is -2.85. The third-order valence-corrected chi connectivity index (χ3v) is 6.96. The zero-order chi connectivity index (χ0) is 21.7. The number of rotatable bonds is 4. The molecule has 3 N–H and O–H groups in total. The number of sulfone groups is 1. The van der Waals surface area contributed by atoms with E-state index in [4.69, 9.17) is 5.73 Å². The first kappa shape index (κ1) is 20.4. The quantitative estimate of drug-likeness (QED) is 0.756. The topological polar surface area (TPSA) is 110 Å². The predicted molar refractivity (Wildman–Crippen MR) is 105 cm³/mol. The summed E-state index contributed by atoms with van der Waals surface area (Å²) < 4.78 is 51.8. The van der Waals surface area contributed by atoms with Crippen LogP contribution in [0.25, 0.3) is 0 Å². The van der Waals surface area contributed by atoms with Gasteiger partial charge in [-0.05, 0) is 23.8 Å². The second-order valence-electron chi connectivity index (χ2n) is 7.47. The van der Waals surface area contributed by atoms with Gasteiger partial charge in [-0.2, -0.15) is 0 Å². The van der Waals surface area contributed by atoms with Crippen LogP contribution >= 0.6 is 0 Å². The fraction of sp³-hybridized carbons (Fsp3) is 0.300. The lowest BCUT2D eigenvalue weighted by molar-refractivity contribution is -0.119. The first-order chi connectivity index (χ1) is 14.1. The molecule has 2 aromatic rings. The van der Waals surface area contributed by atoms with Crippen LogP contribution in [0, 0.1) is 0 Å². The van der Waals surface area contributed by atoms with Crippen molar-refractivity contribution in [3.05, 3.63) is 59.7 Å². The van der Waals surface area contributed by atoms with Gasteiger partial charge in [0.25, 0.3) is 11.8 Å². The Morgan fingerprint density at radius 2 is 1.87 bits per heavy atom. The molecule has 0 aromatic heterocycles. The Morgan fingerprint density at radius 1 is 1.20 bits per heavy atom. The van der Waals surface area contributed by atoms with Crippen molar-refractivity contribution in [3.8, 4) is 0 Å². The molecule has 1 saturated carbocycles. The van der Waals surface area contributed by atoms with Crippen LogP contribution in [0.1, 0.15) is 22.3 Å². The van der Waals surface area contributed by atoms with Gasteiger partial charge in [0, 0.05) is 12.0 Å². The SMILES string of the molecule is N[C@H]1CS(=O)(=O)c2ccc(C(=O)N[C@@H]3CC3(F)F)cc2N(Cc2ccccc2)C1=O. The molecule has 1 fully saturated rings. The fourth-order valence-corrected chi connectivity index (χ4v) is 4.95. The minimum absolute atomic E-state index is 0.00649. The minimum atomic E-state index is -3.90. The molecule has 0 spiro atoms. The molecule has 1 heterocycles. The molecule has 2 amide bonds. The summed E-state index contributed by atoms with van der Waals surface area (Å²) in [6.07, 6.45) is -0.439. The first-order valence-electron chi connectivity index (χ1n) is 9.25. The third-order valence-electron chi connectivity index (χ3n) is 5.14. The van der Waals surface area contributed by atoms with Gasteiger partial charge in [0.2, 0.25) is 5.91 Å². The lowest BCUT2D eigenvalue weighted by Gasteiger charge is -2.24. The Balaban J connectivity index is 1.75. The van der Waals surface area contributed by atoms with Gasteiger partial charge in [-0.15, -0.1) is 0 Å². The number of benzene rings is 2. The summed E-state index contributed by atoms with van der Waals surface area (Å²) in [6.45, 7) is 0.0433. The smallest absolute Gasteiger partial charge is 0.270 e. The van der Waals surface area contributed by atoms with Crippen LogP contribution in [0.3, 0.4) is 0 Å². The highest BCUT2D eigenvalue weighted by molar-refractivity contribution is 7.91. The van der Waals surface area contributed by atoms with E-state index in [-0.39, 0.29) is 22.7 Å². The number of nitrogens with one attached hydrogen (secondary N) is 1. The van der Waals surface area contributed by atoms with Crippen molar-refractivity contribution in [2.75, 3.05) is 10.7 Å². The molecule has 2 aliphatic rings. The van der Waals surface area contributed by atoms with Gasteiger partial charge in [0.05, 0.1) is 35.0 Å². The van der Waals surface area contributed by atoms with E-state index in [2.05, 4.69) is 5.32 Å². The molecule has 10 heteroatoms. The molecule has 1 aliphatic heterocycles. The van der Waals surface area contributed by atoms with E-state index in [0.29, 0.717) is 0 Å². The van der Waals surface area contributed by atoms with E-state index in [9.17, 15) is 26.8 Å². The zero-order valence-electron chi connectivity index (χ0n) is 15.7. The molecule has 0 radical (unpaired) electrons. The van der Waals surface area contributed by atoms with Gasteiger partial charge >= 0.3 is 0 Å². The molecule has 2 atom stereocenters. The Morgan fingerprint density at radius 3 is 2.50 bits per heavy atom. The second-order valence-corrected chi connectivity index (χ2v) is 9.47. The van der Waals surface area contributed by atoms with Crippen molar-refractivity contribution in [3.63, 3.8) is 0 Å². The predicted octanol–water partition coefficient (Wildman–Crippen LogP) is 1.47. The van der Waals surface area contributed by atoms with Gasteiger partial charge in [-0.25, -0.2) is 17.2 Å². The number of anilines is 1. The van der Waals surface area contributed by atoms with Crippen molar-refractivity contribution < 1.29 is 26.8 Å². The molecule has 0 unspecified atom stereocenters. The van der Waals surface area contributed by atoms with Gasteiger partial charge < -0.3 is 16.0 Å². The van der Waals surface area contributed by atoms with Crippen molar-refractivity contribution in [2.45, 2.75) is 35.9 Å². The number of nitrogens with two attached hydrogens (primary N) is 1. The summed E-state index contributed by atoms with van der Waals surface area (Å²) in [7, 11) is -3.90. The molecule has 158 valence electrons. The van der Waals surface area contributed by atoms with Gasteiger partial charge in [-0.1, -0.05) is 30.3 Å². The Kier molecular flexibility index (Phi) is 4.86. The van der Waals surface area contributed by atoms with E-state index < -0.39 is 51.8 Å². The third kappa shape index (κ3) is 3.80. The maximum Gasteiger partial charge on any atom is 0.270 e. The highest BCUT2D eigenvalue weighted by atomic mass is 32.2. The van der Waals surface area contributed by atoms with Crippen LogP contribution < -0.4 is 16.0 Å². The first-order valence-corrected chi connectivity index (χ1v) is 10.9. The van der Waals surface area contributed by atoms with Crippen molar-refractivity contribution >= 4 is 27.3 Å². The maximum absolute atomic E-state index is 13.1. The van der Waals surface area contributed by atoms with Gasteiger partial charge in [0.1, 0.15) is 0 Å². The number of hydrogen-bond donors (Lipinski definition) is 2. The number of carbonyl (C=O) groups is 2. The van der Waals surface area contributed by atoms with Crippen LogP contribution in [0.5, 0.6) is 0 Å². The highest BCUT2D eigenvalue weighted by Crippen LogP contribution is 2.42. The van der Waals surface area contributed by atoms with Crippen LogP contribution in [-0.2, 0) is 21.2 Å². The lowest BCUT2D eigenvalue weighted by atomic mass is 10.1. The molecule has 1 aliphatic carbocycles. The average Bonchev–Trinajstić information content (AvgIpc) is 3.31. The van der Waals surface area contributed by atoms with Crippen molar-refractivity contribution in [2.24, 2.45) is 5.73 Å². The van der Waals surface area contributed by atoms with Crippen LogP contribution in [-0.4, -0.2) is 44.0 Å². The highest BCUT2D eigenvalue weighted by Gasteiger charge is 2.57. The van der Waals surface area contributed by atoms with E-state index in [1.807, 2.05) is 0 Å². The molecule has 0 bridgehead atoms. The second kappa shape index (κ2) is 7.13. The molecule has 0 saturated heterocycles. The minimum Gasteiger partial charge on any atom is -0.343 e. The van der Waals surface area contributed by atoms with Crippen LogP contribution in [0.2, 0.25) is 0 Å². The van der Waals surface area contributed by atoms with Gasteiger partial charge in [0.15, 0.2) is 9.84 Å². The zero-order valence-corrected chi connectivity index (χ0v) is 16.5. The maximum atomic E-state index is 13.1. The molecule has 30 heavy (non-hydrogen) atoms. The number of alkyl halides is 2. The van der Waals surface area contributed by atoms with E-state index in [1.54, 1.807) is 30.3 Å². The Bertz CT molecular complexity index is 1120. The molecule has 4 rings (SSSR count). The summed E-state index contributed by atoms with van der Waals surface area (Å²) in [5, 5.41) is 2.22. The normalized spacial score (nSPS) is 24.0.